The quantitative estimate of drug-likeness (QED) is 0.0986. The normalized spacial score (nSPS) is 23.7. The molecule has 1 aromatic carbocycles. The Morgan fingerprint density at radius 1 is 0.529 bits per heavy atom. The molecule has 0 aliphatic heterocycles. The van der Waals surface area contributed by atoms with Gasteiger partial charge in [-0.2, -0.15) is 74.6 Å². The van der Waals surface area contributed by atoms with Crippen molar-refractivity contribution in [3.8, 4) is 0 Å². The van der Waals surface area contributed by atoms with E-state index in [9.17, 15) is 79.4 Å². The summed E-state index contributed by atoms with van der Waals surface area (Å²) in [6.07, 6.45) is 5.45. The van der Waals surface area contributed by atoms with Crippen LogP contribution >= 0.6 is 0 Å². The topological polar surface area (TPSA) is 17.1 Å². The van der Waals surface area contributed by atoms with Gasteiger partial charge < -0.3 is 0 Å². The first kappa shape index (κ1) is 43.1. The second kappa shape index (κ2) is 14.8. The smallest absolute Gasteiger partial charge is 0.287 e. The number of halogens is 17. The molecule has 0 heterocycles. The predicted molar refractivity (Wildman–Crippen MR) is 150 cm³/mol. The monoisotopic (exact) mass is 772 g/mol. The van der Waals surface area contributed by atoms with E-state index in [1.54, 1.807) is 0 Å². The highest BCUT2D eigenvalue weighted by atomic mass is 19.4. The zero-order valence-corrected chi connectivity index (χ0v) is 27.1. The van der Waals surface area contributed by atoms with Crippen molar-refractivity contribution in [2.45, 2.75) is 144 Å². The number of hydrogen-bond acceptors (Lipinski definition) is 1. The van der Waals surface area contributed by atoms with E-state index < -0.39 is 59.0 Å². The summed E-state index contributed by atoms with van der Waals surface area (Å²) in [6.45, 7) is 2.15. The molecule has 1 nitrogen and oxygen atoms in total. The summed E-state index contributed by atoms with van der Waals surface area (Å²) in [4.78, 5) is 12.2. The maximum Gasteiger partial charge on any atom is 0.460 e. The van der Waals surface area contributed by atoms with Crippen LogP contribution in [0, 0.1) is 17.8 Å². The third-order valence-electron chi connectivity index (χ3n) is 10.4. The van der Waals surface area contributed by atoms with E-state index in [2.05, 4.69) is 6.92 Å². The molecule has 0 unspecified atom stereocenters. The van der Waals surface area contributed by atoms with E-state index in [1.165, 1.54) is 25.7 Å². The first-order valence-electron chi connectivity index (χ1n) is 16.5. The summed E-state index contributed by atoms with van der Waals surface area (Å²) in [5.74, 6) is -59.9. The first-order chi connectivity index (χ1) is 23.1. The summed E-state index contributed by atoms with van der Waals surface area (Å²) < 4.78 is 231. The fourth-order valence-corrected chi connectivity index (χ4v) is 7.13. The molecule has 2 aliphatic carbocycles. The molecule has 0 amide bonds. The van der Waals surface area contributed by atoms with Crippen LogP contribution in [0.5, 0.6) is 0 Å². The standard InChI is InChI=1S/C33H37F17O/c1-2-3-4-5-6-19-7-9-20(10-8-19)21-11-13-22(14-12-21)23-15-17-24(18-16-23)25(51)26(34,35)27(36,37)28(38,39)29(40,41)30(42,43)31(44,45)32(46,47)33(48,49)50/h15-22H,2-14H2,1H3/t19-,20-,21-,22-. The van der Waals surface area contributed by atoms with Gasteiger partial charge in [-0.05, 0) is 67.8 Å². The van der Waals surface area contributed by atoms with Crippen LogP contribution in [0.15, 0.2) is 24.3 Å². The first-order valence-corrected chi connectivity index (χ1v) is 16.5. The van der Waals surface area contributed by atoms with Crippen LogP contribution in [0.4, 0.5) is 74.6 Å². The van der Waals surface area contributed by atoms with Crippen molar-refractivity contribution < 1.29 is 79.4 Å². The van der Waals surface area contributed by atoms with Gasteiger partial charge in [0.15, 0.2) is 0 Å². The molecule has 2 saturated carbocycles. The number of benzene rings is 1. The molecule has 3 rings (SSSR count). The highest BCUT2D eigenvalue weighted by Crippen LogP contribution is 2.64. The predicted octanol–water partition coefficient (Wildman–Crippen LogP) is 12.9. The van der Waals surface area contributed by atoms with E-state index in [1.807, 2.05) is 0 Å². The Kier molecular flexibility index (Phi) is 12.6. The zero-order chi connectivity index (χ0) is 39.1. The number of alkyl halides is 17. The molecule has 0 N–H and O–H groups in total. The van der Waals surface area contributed by atoms with Crippen molar-refractivity contribution in [3.05, 3.63) is 35.4 Å². The van der Waals surface area contributed by atoms with Crippen LogP contribution < -0.4 is 0 Å². The molecule has 2 fully saturated rings. The van der Waals surface area contributed by atoms with Crippen molar-refractivity contribution in [2.24, 2.45) is 17.8 Å². The van der Waals surface area contributed by atoms with Gasteiger partial charge in [0.2, 0.25) is 5.78 Å². The van der Waals surface area contributed by atoms with E-state index >= 15 is 0 Å². The van der Waals surface area contributed by atoms with Gasteiger partial charge in [0, 0.05) is 5.56 Å². The number of unbranched alkanes of at least 4 members (excludes halogenated alkanes) is 3. The molecule has 0 aromatic heterocycles. The zero-order valence-electron chi connectivity index (χ0n) is 27.1. The summed E-state index contributed by atoms with van der Waals surface area (Å²) >= 11 is 0. The van der Waals surface area contributed by atoms with E-state index in [-0.39, 0.29) is 5.92 Å². The molecule has 0 radical (unpaired) electrons. The van der Waals surface area contributed by atoms with Crippen LogP contribution in [-0.2, 0) is 0 Å². The second-order valence-corrected chi connectivity index (χ2v) is 13.7. The number of carbonyl (C=O) groups excluding carboxylic acids is 1. The molecular formula is C33H37F17O. The lowest BCUT2D eigenvalue weighted by molar-refractivity contribution is -0.459. The minimum atomic E-state index is -8.74. The van der Waals surface area contributed by atoms with Gasteiger partial charge in [-0.25, -0.2) is 0 Å². The Morgan fingerprint density at radius 2 is 0.941 bits per heavy atom. The number of rotatable bonds is 15. The van der Waals surface area contributed by atoms with Crippen LogP contribution in [0.1, 0.15) is 112 Å². The Balaban J connectivity index is 1.70. The molecule has 0 saturated heterocycles. The number of carbonyl (C=O) groups is 1. The maximum absolute atomic E-state index is 14.5. The molecule has 51 heavy (non-hydrogen) atoms. The summed E-state index contributed by atoms with van der Waals surface area (Å²) in [5, 5.41) is 0. The summed E-state index contributed by atoms with van der Waals surface area (Å²) in [6, 6.07) is 2.82. The van der Waals surface area contributed by atoms with Gasteiger partial charge in [0.1, 0.15) is 0 Å². The fourth-order valence-electron chi connectivity index (χ4n) is 7.13. The molecule has 294 valence electrons. The number of ketones is 1. The minimum absolute atomic E-state index is 0.205. The molecule has 0 spiro atoms. The molecule has 0 atom stereocenters. The fraction of sp³-hybridized carbons (Fsp3) is 0.788. The van der Waals surface area contributed by atoms with Crippen molar-refractivity contribution in [1.29, 1.82) is 0 Å². The largest absolute Gasteiger partial charge is 0.460 e. The van der Waals surface area contributed by atoms with Gasteiger partial charge in [0.25, 0.3) is 0 Å². The SMILES string of the molecule is CCCCCC[C@H]1CC[C@H]([C@H]2CC[C@H](c3ccc(C(=O)C(F)(F)C(F)(F)C(F)(F)C(F)(F)C(F)(F)C(F)(F)C(F)(F)C(F)(F)F)cc3)CC2)CC1. The van der Waals surface area contributed by atoms with E-state index in [4.69, 9.17) is 0 Å². The van der Waals surface area contributed by atoms with Gasteiger partial charge in [-0.3, -0.25) is 4.79 Å². The van der Waals surface area contributed by atoms with E-state index in [0.717, 1.165) is 57.1 Å². The summed E-state index contributed by atoms with van der Waals surface area (Å²) in [5.41, 5.74) is -1.14. The minimum Gasteiger partial charge on any atom is -0.287 e. The lowest BCUT2D eigenvalue weighted by Gasteiger charge is -2.42. The van der Waals surface area contributed by atoms with Crippen LogP contribution in [0.25, 0.3) is 0 Å². The summed E-state index contributed by atoms with van der Waals surface area (Å²) in [7, 11) is 0. The van der Waals surface area contributed by atoms with Gasteiger partial charge >= 0.3 is 47.6 Å². The Bertz CT molecular complexity index is 1300. The lowest BCUT2D eigenvalue weighted by atomic mass is 9.68. The second-order valence-electron chi connectivity index (χ2n) is 13.7. The lowest BCUT2D eigenvalue weighted by Crippen LogP contribution is -2.75. The molecule has 1 aromatic rings. The van der Waals surface area contributed by atoms with Crippen molar-refractivity contribution in [3.63, 3.8) is 0 Å². The molecule has 18 heteroatoms. The van der Waals surface area contributed by atoms with Crippen LogP contribution in [-0.4, -0.2) is 53.4 Å². The molecule has 0 bridgehead atoms. The Labute approximate surface area is 282 Å². The average Bonchev–Trinajstić information content (AvgIpc) is 3.05. The highest BCUT2D eigenvalue weighted by Gasteiger charge is 2.95. The van der Waals surface area contributed by atoms with E-state index in [0.29, 0.717) is 48.3 Å². The molecular weight excluding hydrogens is 735 g/mol. The van der Waals surface area contributed by atoms with Gasteiger partial charge in [-0.15, -0.1) is 0 Å². The van der Waals surface area contributed by atoms with Crippen LogP contribution in [0.2, 0.25) is 0 Å². The number of hydrogen-bond donors (Lipinski definition) is 0. The van der Waals surface area contributed by atoms with Crippen molar-refractivity contribution >= 4 is 5.78 Å². The maximum atomic E-state index is 14.5. The van der Waals surface area contributed by atoms with Gasteiger partial charge in [-0.1, -0.05) is 76.1 Å². The number of Topliss-reactive ketones (excluding diaryl/α,β-unsaturated/α-hetero) is 1. The average molecular weight is 773 g/mol. The van der Waals surface area contributed by atoms with Gasteiger partial charge in [0.05, 0.1) is 0 Å². The Hall–Kier alpha value is -2.30. The third kappa shape index (κ3) is 7.57. The van der Waals surface area contributed by atoms with Crippen molar-refractivity contribution in [1.82, 2.24) is 0 Å². The molecule has 2 aliphatic rings. The highest BCUT2D eigenvalue weighted by molar-refractivity contribution is 6.02. The third-order valence-corrected chi connectivity index (χ3v) is 10.4. The van der Waals surface area contributed by atoms with Crippen LogP contribution in [0.3, 0.4) is 0 Å². The van der Waals surface area contributed by atoms with Crippen molar-refractivity contribution in [2.75, 3.05) is 0 Å². The Morgan fingerprint density at radius 3 is 1.37 bits per heavy atom.